The zero-order valence-corrected chi connectivity index (χ0v) is 11.6. The Balaban J connectivity index is 2.15. The summed E-state index contributed by atoms with van der Waals surface area (Å²) in [5, 5.41) is 12.6. The Labute approximate surface area is 118 Å². The monoisotopic (exact) mass is 270 g/mol. The van der Waals surface area contributed by atoms with E-state index in [9.17, 15) is 9.90 Å². The van der Waals surface area contributed by atoms with Crippen LogP contribution >= 0.6 is 0 Å². The van der Waals surface area contributed by atoms with Crippen LogP contribution in [0.4, 0.5) is 11.4 Å². The molecule has 4 heteroatoms. The Kier molecular flexibility index (Phi) is 3.94. The highest BCUT2D eigenvalue weighted by molar-refractivity contribution is 5.94. The number of aromatic hydroxyl groups is 1. The number of phenols is 1. The molecule has 0 fully saturated rings. The molecule has 4 nitrogen and oxygen atoms in total. The highest BCUT2D eigenvalue weighted by Crippen LogP contribution is 2.24. The molecule has 0 saturated heterocycles. The van der Waals surface area contributed by atoms with E-state index in [0.29, 0.717) is 11.3 Å². The molecule has 2 rings (SSSR count). The van der Waals surface area contributed by atoms with Crippen LogP contribution < -0.4 is 11.1 Å². The molecule has 0 atom stereocenters. The summed E-state index contributed by atoms with van der Waals surface area (Å²) >= 11 is 0. The van der Waals surface area contributed by atoms with Gasteiger partial charge in [0.15, 0.2) is 0 Å². The van der Waals surface area contributed by atoms with Gasteiger partial charge in [-0.15, -0.1) is 0 Å². The van der Waals surface area contributed by atoms with Gasteiger partial charge in [-0.3, -0.25) is 4.79 Å². The van der Waals surface area contributed by atoms with Gasteiger partial charge in [0, 0.05) is 16.9 Å². The van der Waals surface area contributed by atoms with Crippen molar-refractivity contribution in [3.8, 4) is 5.75 Å². The molecule has 0 saturated carbocycles. The Morgan fingerprint density at radius 2 is 1.80 bits per heavy atom. The van der Waals surface area contributed by atoms with Crippen molar-refractivity contribution in [3.63, 3.8) is 0 Å². The van der Waals surface area contributed by atoms with Gasteiger partial charge in [-0.2, -0.15) is 0 Å². The Morgan fingerprint density at radius 1 is 1.20 bits per heavy atom. The van der Waals surface area contributed by atoms with Crippen LogP contribution in [0.25, 0.3) is 0 Å². The maximum absolute atomic E-state index is 12.1. The number of rotatable bonds is 3. The highest BCUT2D eigenvalue weighted by Gasteiger charge is 2.10. The number of anilines is 2. The minimum Gasteiger partial charge on any atom is -0.508 e. The largest absolute Gasteiger partial charge is 0.508 e. The van der Waals surface area contributed by atoms with Crippen molar-refractivity contribution in [3.05, 3.63) is 53.1 Å². The molecule has 0 bridgehead atoms. The van der Waals surface area contributed by atoms with Crippen molar-refractivity contribution in [2.75, 3.05) is 11.1 Å². The van der Waals surface area contributed by atoms with Crippen LogP contribution in [-0.2, 0) is 11.2 Å². The molecule has 0 aliphatic rings. The zero-order chi connectivity index (χ0) is 14.7. The first-order valence-corrected chi connectivity index (χ1v) is 6.41. The standard InChI is InChI=1S/C16H18N2O2/c1-10-7-13(17)8-11(2)16(10)18-15(20)9-12-5-3-4-6-14(12)19/h3-8,19H,9,17H2,1-2H3,(H,18,20). The number of carbonyl (C=O) groups is 1. The van der Waals surface area contributed by atoms with Crippen LogP contribution in [0.3, 0.4) is 0 Å². The first kappa shape index (κ1) is 13.9. The van der Waals surface area contributed by atoms with Crippen LogP contribution in [-0.4, -0.2) is 11.0 Å². The molecule has 0 unspecified atom stereocenters. The van der Waals surface area contributed by atoms with E-state index in [-0.39, 0.29) is 18.1 Å². The number of phenolic OH excluding ortho intramolecular Hbond substituents is 1. The number of para-hydroxylation sites is 1. The second kappa shape index (κ2) is 5.65. The molecule has 0 heterocycles. The zero-order valence-electron chi connectivity index (χ0n) is 11.6. The van der Waals surface area contributed by atoms with Crippen molar-refractivity contribution in [2.45, 2.75) is 20.3 Å². The molecule has 20 heavy (non-hydrogen) atoms. The number of aryl methyl sites for hydroxylation is 2. The number of hydrogen-bond acceptors (Lipinski definition) is 3. The Morgan fingerprint density at radius 3 is 2.40 bits per heavy atom. The highest BCUT2D eigenvalue weighted by atomic mass is 16.3. The fourth-order valence-electron chi connectivity index (χ4n) is 2.21. The average Bonchev–Trinajstić information content (AvgIpc) is 2.36. The van der Waals surface area contributed by atoms with Gasteiger partial charge in [0.2, 0.25) is 5.91 Å². The fraction of sp³-hybridized carbons (Fsp3) is 0.188. The number of amides is 1. The molecular formula is C16H18N2O2. The van der Waals surface area contributed by atoms with E-state index in [1.165, 1.54) is 0 Å². The lowest BCUT2D eigenvalue weighted by Gasteiger charge is -2.13. The van der Waals surface area contributed by atoms with Crippen molar-refractivity contribution in [1.29, 1.82) is 0 Å². The molecule has 4 N–H and O–H groups in total. The number of nitrogens with one attached hydrogen (secondary N) is 1. The summed E-state index contributed by atoms with van der Waals surface area (Å²) in [6.45, 7) is 3.80. The lowest BCUT2D eigenvalue weighted by Crippen LogP contribution is -2.16. The third-order valence-electron chi connectivity index (χ3n) is 3.16. The van der Waals surface area contributed by atoms with Gasteiger partial charge in [0.25, 0.3) is 0 Å². The van der Waals surface area contributed by atoms with Gasteiger partial charge in [-0.05, 0) is 43.2 Å². The number of hydrogen-bond donors (Lipinski definition) is 3. The topological polar surface area (TPSA) is 75.3 Å². The van der Waals surface area contributed by atoms with Crippen LogP contribution in [0.15, 0.2) is 36.4 Å². The normalized spacial score (nSPS) is 10.3. The lowest BCUT2D eigenvalue weighted by molar-refractivity contribution is -0.115. The summed E-state index contributed by atoms with van der Waals surface area (Å²) in [5.41, 5.74) is 9.67. The van der Waals surface area contributed by atoms with Gasteiger partial charge in [0.1, 0.15) is 5.75 Å². The molecular weight excluding hydrogens is 252 g/mol. The minimum absolute atomic E-state index is 0.133. The molecule has 104 valence electrons. The Bertz CT molecular complexity index is 628. The van der Waals surface area contributed by atoms with Crippen molar-refractivity contribution in [2.24, 2.45) is 0 Å². The minimum atomic E-state index is -0.164. The number of nitrogen functional groups attached to an aromatic ring is 1. The van der Waals surface area contributed by atoms with E-state index in [1.54, 1.807) is 24.3 Å². The van der Waals surface area contributed by atoms with Crippen LogP contribution in [0, 0.1) is 13.8 Å². The summed E-state index contributed by atoms with van der Waals surface area (Å²) in [6.07, 6.45) is 0.135. The van der Waals surface area contributed by atoms with Crippen LogP contribution in [0.5, 0.6) is 5.75 Å². The van der Waals surface area contributed by atoms with E-state index >= 15 is 0 Å². The van der Waals surface area contributed by atoms with E-state index < -0.39 is 0 Å². The maximum Gasteiger partial charge on any atom is 0.228 e. The molecule has 0 aliphatic carbocycles. The summed E-state index contributed by atoms with van der Waals surface area (Å²) in [7, 11) is 0. The van der Waals surface area contributed by atoms with E-state index in [0.717, 1.165) is 16.8 Å². The fourth-order valence-corrected chi connectivity index (χ4v) is 2.21. The predicted molar refractivity (Wildman–Crippen MR) is 80.8 cm³/mol. The van der Waals surface area contributed by atoms with Crippen molar-refractivity contribution >= 4 is 17.3 Å². The average molecular weight is 270 g/mol. The molecule has 1 amide bonds. The van der Waals surface area contributed by atoms with Crippen molar-refractivity contribution < 1.29 is 9.90 Å². The van der Waals surface area contributed by atoms with Gasteiger partial charge >= 0.3 is 0 Å². The Hall–Kier alpha value is -2.49. The number of carbonyl (C=O) groups excluding carboxylic acids is 1. The molecule has 0 spiro atoms. The second-order valence-electron chi connectivity index (χ2n) is 4.88. The number of benzene rings is 2. The van der Waals surface area contributed by atoms with E-state index in [2.05, 4.69) is 5.32 Å². The van der Waals surface area contributed by atoms with E-state index in [4.69, 9.17) is 5.73 Å². The molecule has 2 aromatic carbocycles. The predicted octanol–water partition coefficient (Wildman–Crippen LogP) is 2.77. The first-order chi connectivity index (χ1) is 9.47. The first-order valence-electron chi connectivity index (χ1n) is 6.41. The molecule has 0 aliphatic heterocycles. The SMILES string of the molecule is Cc1cc(N)cc(C)c1NC(=O)Cc1ccccc1O. The summed E-state index contributed by atoms with van der Waals surface area (Å²) < 4.78 is 0. The third kappa shape index (κ3) is 3.09. The summed E-state index contributed by atoms with van der Waals surface area (Å²) in [5.74, 6) is -0.0316. The molecule has 0 aromatic heterocycles. The maximum atomic E-state index is 12.1. The smallest absolute Gasteiger partial charge is 0.228 e. The number of nitrogens with two attached hydrogens (primary N) is 1. The van der Waals surface area contributed by atoms with Gasteiger partial charge in [-0.25, -0.2) is 0 Å². The van der Waals surface area contributed by atoms with Gasteiger partial charge in [0.05, 0.1) is 6.42 Å². The summed E-state index contributed by atoms with van der Waals surface area (Å²) in [4.78, 5) is 12.1. The lowest BCUT2D eigenvalue weighted by atomic mass is 10.1. The van der Waals surface area contributed by atoms with Crippen molar-refractivity contribution in [1.82, 2.24) is 0 Å². The molecule has 0 radical (unpaired) electrons. The summed E-state index contributed by atoms with van der Waals surface area (Å²) in [6, 6.07) is 10.5. The van der Waals surface area contributed by atoms with Gasteiger partial charge < -0.3 is 16.2 Å². The van der Waals surface area contributed by atoms with Gasteiger partial charge in [-0.1, -0.05) is 18.2 Å². The van der Waals surface area contributed by atoms with E-state index in [1.807, 2.05) is 26.0 Å². The third-order valence-corrected chi connectivity index (χ3v) is 3.16. The van der Waals surface area contributed by atoms with Crippen LogP contribution in [0.2, 0.25) is 0 Å². The quantitative estimate of drug-likeness (QED) is 0.751. The van der Waals surface area contributed by atoms with Crippen LogP contribution in [0.1, 0.15) is 16.7 Å². The second-order valence-corrected chi connectivity index (χ2v) is 4.88. The molecule has 2 aromatic rings.